The highest BCUT2D eigenvalue weighted by atomic mass is 32.2. The van der Waals surface area contributed by atoms with Gasteiger partial charge in [0.05, 0.1) is 27.9 Å². The summed E-state index contributed by atoms with van der Waals surface area (Å²) < 4.78 is 24.2. The number of hydrogen-bond donors (Lipinski definition) is 1. The van der Waals surface area contributed by atoms with Crippen molar-refractivity contribution in [3.05, 3.63) is 59.7 Å². The molecule has 0 radical (unpaired) electrons. The first-order valence-corrected chi connectivity index (χ1v) is 7.84. The highest BCUT2D eigenvalue weighted by molar-refractivity contribution is 7.91. The molecule has 100 valence electrons. The van der Waals surface area contributed by atoms with E-state index in [9.17, 15) is 8.42 Å². The predicted molar refractivity (Wildman–Crippen MR) is 76.0 cm³/mol. The van der Waals surface area contributed by atoms with Crippen LogP contribution in [-0.2, 0) is 9.84 Å². The van der Waals surface area contributed by atoms with Crippen LogP contribution in [-0.4, -0.2) is 14.2 Å². The molecule has 1 N–H and O–H groups in total. The van der Waals surface area contributed by atoms with Crippen molar-refractivity contribution in [2.24, 2.45) is 0 Å². The molecule has 0 amide bonds. The highest BCUT2D eigenvalue weighted by Gasteiger charge is 2.34. The lowest BCUT2D eigenvalue weighted by Crippen LogP contribution is -2.13. The summed E-state index contributed by atoms with van der Waals surface area (Å²) >= 11 is 0. The van der Waals surface area contributed by atoms with Crippen molar-refractivity contribution in [3.63, 3.8) is 0 Å². The second-order valence-electron chi connectivity index (χ2n) is 4.67. The van der Waals surface area contributed by atoms with Gasteiger partial charge in [0.25, 0.3) is 0 Å². The lowest BCUT2D eigenvalue weighted by molar-refractivity contribution is 0.598. The molecule has 1 atom stereocenters. The van der Waals surface area contributed by atoms with Gasteiger partial charge in [0.1, 0.15) is 6.07 Å². The maximum absolute atomic E-state index is 12.1. The van der Waals surface area contributed by atoms with Crippen molar-refractivity contribution in [1.82, 2.24) is 0 Å². The predicted octanol–water partition coefficient (Wildman–Crippen LogP) is 2.50. The molecule has 2 aromatic carbocycles. The van der Waals surface area contributed by atoms with Gasteiger partial charge in [-0.25, -0.2) is 8.42 Å². The smallest absolute Gasteiger partial charge is 0.181 e. The molecule has 0 saturated heterocycles. The normalized spacial score (nSPS) is 19.1. The third-order valence-corrected chi connectivity index (χ3v) is 5.21. The maximum Gasteiger partial charge on any atom is 0.181 e. The molecule has 0 aliphatic carbocycles. The Morgan fingerprint density at radius 1 is 1.10 bits per heavy atom. The van der Waals surface area contributed by atoms with Crippen molar-refractivity contribution in [1.29, 1.82) is 5.26 Å². The summed E-state index contributed by atoms with van der Waals surface area (Å²) in [6, 6.07) is 15.9. The van der Waals surface area contributed by atoms with Crippen LogP contribution in [0.5, 0.6) is 0 Å². The van der Waals surface area contributed by atoms with E-state index in [1.54, 1.807) is 30.3 Å². The number of anilines is 1. The van der Waals surface area contributed by atoms with Gasteiger partial charge >= 0.3 is 0 Å². The van der Waals surface area contributed by atoms with Crippen LogP contribution < -0.4 is 5.32 Å². The lowest BCUT2D eigenvalue weighted by atomic mass is 10.1. The average molecular weight is 284 g/mol. The third kappa shape index (κ3) is 2.04. The molecule has 0 spiro atoms. The van der Waals surface area contributed by atoms with E-state index in [2.05, 4.69) is 11.4 Å². The number of hydrogen-bond acceptors (Lipinski definition) is 4. The van der Waals surface area contributed by atoms with Crippen molar-refractivity contribution in [3.8, 4) is 6.07 Å². The molecular formula is C15H12N2O2S. The first kappa shape index (κ1) is 12.7. The number of rotatable bonds is 2. The SMILES string of the molecule is N#Cc1ccccc1NC1CS(=O)(=O)c2ccccc21. The fraction of sp³-hybridized carbons (Fsp3) is 0.133. The fourth-order valence-electron chi connectivity index (χ4n) is 2.46. The molecule has 1 aliphatic heterocycles. The average Bonchev–Trinajstić information content (AvgIpc) is 2.71. The van der Waals surface area contributed by atoms with Gasteiger partial charge in [-0.3, -0.25) is 0 Å². The molecular weight excluding hydrogens is 272 g/mol. The van der Waals surface area contributed by atoms with E-state index in [1.807, 2.05) is 18.2 Å². The minimum atomic E-state index is -3.24. The number of nitrogens with one attached hydrogen (secondary N) is 1. The van der Waals surface area contributed by atoms with E-state index in [0.717, 1.165) is 5.56 Å². The molecule has 20 heavy (non-hydrogen) atoms. The Kier molecular flexibility index (Phi) is 2.96. The minimum absolute atomic E-state index is 0.0199. The molecule has 3 rings (SSSR count). The Balaban J connectivity index is 2.00. The summed E-state index contributed by atoms with van der Waals surface area (Å²) in [6.07, 6.45) is 0. The lowest BCUT2D eigenvalue weighted by Gasteiger charge is -2.15. The van der Waals surface area contributed by atoms with E-state index in [0.29, 0.717) is 16.1 Å². The van der Waals surface area contributed by atoms with Crippen LogP contribution in [0, 0.1) is 11.3 Å². The van der Waals surface area contributed by atoms with Gasteiger partial charge in [0.2, 0.25) is 0 Å². The van der Waals surface area contributed by atoms with Crippen LogP contribution in [0.3, 0.4) is 0 Å². The van der Waals surface area contributed by atoms with Gasteiger partial charge in [-0.05, 0) is 23.8 Å². The molecule has 0 fully saturated rings. The Hall–Kier alpha value is -2.32. The molecule has 0 aromatic heterocycles. The summed E-state index contributed by atoms with van der Waals surface area (Å²) in [7, 11) is -3.24. The van der Waals surface area contributed by atoms with Crippen LogP contribution >= 0.6 is 0 Å². The van der Waals surface area contributed by atoms with Crippen molar-refractivity contribution in [2.45, 2.75) is 10.9 Å². The van der Waals surface area contributed by atoms with Crippen LogP contribution in [0.15, 0.2) is 53.4 Å². The number of para-hydroxylation sites is 1. The van der Waals surface area contributed by atoms with Crippen molar-refractivity contribution < 1.29 is 8.42 Å². The largest absolute Gasteiger partial charge is 0.376 e. The van der Waals surface area contributed by atoms with Crippen molar-refractivity contribution >= 4 is 15.5 Å². The summed E-state index contributed by atoms with van der Waals surface area (Å²) in [4.78, 5) is 0.381. The summed E-state index contributed by atoms with van der Waals surface area (Å²) in [5.41, 5.74) is 1.93. The zero-order valence-electron chi connectivity index (χ0n) is 10.6. The monoisotopic (exact) mass is 284 g/mol. The fourth-order valence-corrected chi connectivity index (χ4v) is 4.20. The van der Waals surface area contributed by atoms with Gasteiger partial charge in [0, 0.05) is 0 Å². The summed E-state index contributed by atoms with van der Waals surface area (Å²) in [5, 5.41) is 12.3. The molecule has 5 heteroatoms. The van der Waals surface area contributed by atoms with Crippen LogP contribution in [0.1, 0.15) is 17.2 Å². The highest BCUT2D eigenvalue weighted by Crippen LogP contribution is 2.35. The molecule has 0 saturated carbocycles. The van der Waals surface area contributed by atoms with Gasteiger partial charge in [-0.15, -0.1) is 0 Å². The molecule has 4 nitrogen and oxygen atoms in total. The molecule has 1 aliphatic rings. The Bertz CT molecular complexity index is 807. The van der Waals surface area contributed by atoms with E-state index in [-0.39, 0.29) is 11.8 Å². The van der Waals surface area contributed by atoms with Crippen molar-refractivity contribution in [2.75, 3.05) is 11.1 Å². The van der Waals surface area contributed by atoms with Gasteiger partial charge < -0.3 is 5.32 Å². The Morgan fingerprint density at radius 2 is 1.80 bits per heavy atom. The number of benzene rings is 2. The number of fused-ring (bicyclic) bond motifs is 1. The first-order valence-electron chi connectivity index (χ1n) is 6.19. The van der Waals surface area contributed by atoms with E-state index in [1.165, 1.54) is 0 Å². The third-order valence-electron chi connectivity index (χ3n) is 3.39. The Labute approximate surface area is 117 Å². The first-order chi connectivity index (χ1) is 9.62. The van der Waals surface area contributed by atoms with Gasteiger partial charge in [0.15, 0.2) is 9.84 Å². The molecule has 1 heterocycles. The quantitative estimate of drug-likeness (QED) is 0.919. The minimum Gasteiger partial charge on any atom is -0.376 e. The molecule has 1 unspecified atom stereocenters. The van der Waals surface area contributed by atoms with E-state index < -0.39 is 9.84 Å². The topological polar surface area (TPSA) is 70.0 Å². The Morgan fingerprint density at radius 3 is 2.60 bits per heavy atom. The second kappa shape index (κ2) is 4.66. The number of nitriles is 1. The maximum atomic E-state index is 12.1. The van der Waals surface area contributed by atoms with Crippen LogP contribution in [0.25, 0.3) is 0 Å². The molecule has 2 aromatic rings. The zero-order chi connectivity index (χ0) is 14.2. The van der Waals surface area contributed by atoms with Gasteiger partial charge in [-0.2, -0.15) is 5.26 Å². The van der Waals surface area contributed by atoms with Gasteiger partial charge in [-0.1, -0.05) is 30.3 Å². The zero-order valence-corrected chi connectivity index (χ0v) is 11.4. The van der Waals surface area contributed by atoms with Crippen LogP contribution in [0.2, 0.25) is 0 Å². The second-order valence-corrected chi connectivity index (χ2v) is 6.68. The van der Waals surface area contributed by atoms with E-state index >= 15 is 0 Å². The summed E-state index contributed by atoms with van der Waals surface area (Å²) in [5.74, 6) is 0.0199. The standard InChI is InChI=1S/C15H12N2O2S/c16-9-11-5-1-3-7-13(11)17-14-10-20(18,19)15-8-4-2-6-12(14)15/h1-8,14,17H,10H2. The number of nitrogens with zero attached hydrogens (tertiary/aromatic N) is 1. The van der Waals surface area contributed by atoms with Crippen LogP contribution in [0.4, 0.5) is 5.69 Å². The van der Waals surface area contributed by atoms with E-state index in [4.69, 9.17) is 5.26 Å². The summed E-state index contributed by atoms with van der Waals surface area (Å²) in [6.45, 7) is 0. The number of sulfone groups is 1. The molecule has 0 bridgehead atoms.